The molecule has 7 heteroatoms. The fourth-order valence-corrected chi connectivity index (χ4v) is 4.05. The molecule has 38 heavy (non-hydrogen) atoms. The van der Waals surface area contributed by atoms with Crippen molar-refractivity contribution in [3.8, 4) is 11.8 Å². The number of rotatable bonds is 12. The van der Waals surface area contributed by atoms with E-state index in [1.807, 2.05) is 54.6 Å². The SMILES string of the molecule is CCCCCCCCOc1cc(N=Nc2ccc(N)c3ccccc23)ccc1N=Nc1ccc(C#N)cc1. The summed E-state index contributed by atoms with van der Waals surface area (Å²) in [7, 11) is 0. The quantitative estimate of drug-likeness (QED) is 0.118. The molecule has 0 aliphatic heterocycles. The Kier molecular flexibility index (Phi) is 9.52. The molecule has 4 aromatic carbocycles. The van der Waals surface area contributed by atoms with Crippen molar-refractivity contribution in [3.63, 3.8) is 0 Å². The monoisotopic (exact) mass is 504 g/mol. The molecular formula is C31H32N6O. The Bertz CT molecular complexity index is 1450. The summed E-state index contributed by atoms with van der Waals surface area (Å²) in [6, 6.07) is 26.2. The van der Waals surface area contributed by atoms with Gasteiger partial charge in [-0.05, 0) is 55.0 Å². The minimum Gasteiger partial charge on any atom is -0.491 e. The molecule has 0 aromatic heterocycles. The number of hydrogen-bond donors (Lipinski definition) is 1. The maximum Gasteiger partial charge on any atom is 0.149 e. The number of ether oxygens (including phenoxy) is 1. The van der Waals surface area contributed by atoms with Crippen molar-refractivity contribution < 1.29 is 4.74 Å². The molecule has 0 radical (unpaired) electrons. The molecule has 7 nitrogen and oxygen atoms in total. The van der Waals surface area contributed by atoms with Gasteiger partial charge in [0.15, 0.2) is 0 Å². The Morgan fingerprint density at radius 2 is 1.37 bits per heavy atom. The van der Waals surface area contributed by atoms with Gasteiger partial charge in [-0.3, -0.25) is 0 Å². The topological polar surface area (TPSA) is 108 Å². The zero-order valence-electron chi connectivity index (χ0n) is 21.7. The molecule has 0 saturated heterocycles. The highest BCUT2D eigenvalue weighted by Crippen LogP contribution is 2.35. The third-order valence-electron chi connectivity index (χ3n) is 6.18. The van der Waals surface area contributed by atoms with Gasteiger partial charge in [0.05, 0.1) is 35.3 Å². The van der Waals surface area contributed by atoms with Crippen molar-refractivity contribution >= 4 is 39.2 Å². The van der Waals surface area contributed by atoms with E-state index in [4.69, 9.17) is 15.7 Å². The van der Waals surface area contributed by atoms with Crippen LogP contribution in [0.25, 0.3) is 10.8 Å². The lowest BCUT2D eigenvalue weighted by Crippen LogP contribution is -1.97. The van der Waals surface area contributed by atoms with Gasteiger partial charge in [0.2, 0.25) is 0 Å². The van der Waals surface area contributed by atoms with Crippen LogP contribution in [0.4, 0.5) is 28.4 Å². The second kappa shape index (κ2) is 13.7. The smallest absolute Gasteiger partial charge is 0.149 e. The highest BCUT2D eigenvalue weighted by atomic mass is 16.5. The third kappa shape index (κ3) is 7.23. The van der Waals surface area contributed by atoms with Crippen LogP contribution in [-0.2, 0) is 0 Å². The first-order chi connectivity index (χ1) is 18.7. The summed E-state index contributed by atoms with van der Waals surface area (Å²) in [5.41, 5.74) is 10.1. The average Bonchev–Trinajstić information content (AvgIpc) is 2.96. The van der Waals surface area contributed by atoms with E-state index in [9.17, 15) is 0 Å². The van der Waals surface area contributed by atoms with E-state index in [2.05, 4.69) is 33.4 Å². The first-order valence-corrected chi connectivity index (χ1v) is 13.1. The molecular weight excluding hydrogens is 472 g/mol. The molecule has 0 fully saturated rings. The van der Waals surface area contributed by atoms with Gasteiger partial charge in [-0.15, -0.1) is 10.2 Å². The Labute approximate surface area is 223 Å². The lowest BCUT2D eigenvalue weighted by molar-refractivity contribution is 0.305. The molecule has 0 unspecified atom stereocenters. The maximum absolute atomic E-state index is 9.00. The van der Waals surface area contributed by atoms with Crippen LogP contribution in [0.3, 0.4) is 0 Å². The number of nitrogens with zero attached hydrogens (tertiary/aromatic N) is 5. The number of nitriles is 1. The first-order valence-electron chi connectivity index (χ1n) is 13.1. The van der Waals surface area contributed by atoms with E-state index >= 15 is 0 Å². The van der Waals surface area contributed by atoms with Crippen LogP contribution in [0.5, 0.6) is 5.75 Å². The van der Waals surface area contributed by atoms with Crippen LogP contribution >= 0.6 is 0 Å². The standard InChI is InChI=1S/C31H32N6O/c1-2-3-4-5-6-9-20-38-31-21-25(16-18-30(31)37-34-24-14-12-23(22-32)13-15-24)35-36-29-19-17-28(33)26-10-7-8-11-27(26)29/h7-8,10-19,21H,2-6,9,20,33H2,1H3. The van der Waals surface area contributed by atoms with Gasteiger partial charge in [-0.25, -0.2) is 0 Å². The predicted molar refractivity (Wildman–Crippen MR) is 153 cm³/mol. The summed E-state index contributed by atoms with van der Waals surface area (Å²) in [4.78, 5) is 0. The zero-order chi connectivity index (χ0) is 26.6. The van der Waals surface area contributed by atoms with Crippen LogP contribution in [0.1, 0.15) is 51.0 Å². The summed E-state index contributed by atoms with van der Waals surface area (Å²) < 4.78 is 6.13. The second-order valence-corrected chi connectivity index (χ2v) is 9.05. The number of nitrogens with two attached hydrogens (primary N) is 1. The Balaban J connectivity index is 1.54. The fraction of sp³-hybridized carbons (Fsp3) is 0.258. The maximum atomic E-state index is 9.00. The molecule has 4 rings (SSSR count). The van der Waals surface area contributed by atoms with Crippen molar-refractivity contribution in [2.24, 2.45) is 20.5 Å². The lowest BCUT2D eigenvalue weighted by atomic mass is 10.1. The predicted octanol–water partition coefficient (Wildman–Crippen LogP) is 9.86. The van der Waals surface area contributed by atoms with Crippen LogP contribution in [0.2, 0.25) is 0 Å². The van der Waals surface area contributed by atoms with Crippen molar-refractivity contribution in [1.29, 1.82) is 5.26 Å². The normalized spacial score (nSPS) is 11.4. The van der Waals surface area contributed by atoms with E-state index in [0.29, 0.717) is 40.7 Å². The highest BCUT2D eigenvalue weighted by Gasteiger charge is 2.07. The zero-order valence-corrected chi connectivity index (χ0v) is 21.7. The third-order valence-corrected chi connectivity index (χ3v) is 6.18. The molecule has 192 valence electrons. The summed E-state index contributed by atoms with van der Waals surface area (Å²) in [6.07, 6.45) is 7.09. The largest absolute Gasteiger partial charge is 0.491 e. The molecule has 0 spiro atoms. The molecule has 2 N–H and O–H groups in total. The van der Waals surface area contributed by atoms with Gasteiger partial charge in [0.1, 0.15) is 11.4 Å². The van der Waals surface area contributed by atoms with Crippen molar-refractivity contribution in [2.45, 2.75) is 45.4 Å². The van der Waals surface area contributed by atoms with Gasteiger partial charge in [-0.2, -0.15) is 15.5 Å². The van der Waals surface area contributed by atoms with E-state index < -0.39 is 0 Å². The van der Waals surface area contributed by atoms with Crippen LogP contribution in [-0.4, -0.2) is 6.61 Å². The highest BCUT2D eigenvalue weighted by molar-refractivity contribution is 5.99. The Morgan fingerprint density at radius 3 is 2.16 bits per heavy atom. The summed E-state index contributed by atoms with van der Waals surface area (Å²) >= 11 is 0. The van der Waals surface area contributed by atoms with Gasteiger partial charge in [0.25, 0.3) is 0 Å². The van der Waals surface area contributed by atoms with Gasteiger partial charge >= 0.3 is 0 Å². The molecule has 4 aromatic rings. The number of hydrogen-bond acceptors (Lipinski definition) is 7. The van der Waals surface area contributed by atoms with Crippen molar-refractivity contribution in [3.05, 3.63) is 84.4 Å². The van der Waals surface area contributed by atoms with Crippen molar-refractivity contribution in [2.75, 3.05) is 12.3 Å². The number of unbranched alkanes of at least 4 members (excludes halogenated alkanes) is 5. The number of azo groups is 2. The number of fused-ring (bicyclic) bond motifs is 1. The Morgan fingerprint density at radius 1 is 0.711 bits per heavy atom. The van der Waals surface area contributed by atoms with Crippen LogP contribution in [0, 0.1) is 11.3 Å². The number of benzene rings is 4. The lowest BCUT2D eigenvalue weighted by Gasteiger charge is -2.09. The summed E-state index contributed by atoms with van der Waals surface area (Å²) in [6.45, 7) is 2.81. The molecule has 0 amide bonds. The Hall–Kier alpha value is -4.57. The van der Waals surface area contributed by atoms with E-state index in [1.54, 1.807) is 24.3 Å². The van der Waals surface area contributed by atoms with Gasteiger partial charge in [0, 0.05) is 22.5 Å². The molecule has 0 saturated carbocycles. The molecule has 0 aliphatic carbocycles. The molecule has 0 bridgehead atoms. The second-order valence-electron chi connectivity index (χ2n) is 9.05. The van der Waals surface area contributed by atoms with Crippen molar-refractivity contribution in [1.82, 2.24) is 0 Å². The molecule has 0 heterocycles. The van der Waals surface area contributed by atoms with E-state index in [-0.39, 0.29) is 0 Å². The number of anilines is 1. The minimum absolute atomic E-state index is 0.579. The number of nitrogen functional groups attached to an aromatic ring is 1. The first kappa shape index (κ1) is 26.5. The summed E-state index contributed by atoms with van der Waals surface area (Å²) in [5.74, 6) is 0.606. The van der Waals surface area contributed by atoms with E-state index in [1.165, 1.54) is 25.7 Å². The minimum atomic E-state index is 0.579. The summed E-state index contributed by atoms with van der Waals surface area (Å²) in [5, 5.41) is 28.6. The fourth-order valence-electron chi connectivity index (χ4n) is 4.05. The molecule has 0 aliphatic rings. The van der Waals surface area contributed by atoms with Gasteiger partial charge in [-0.1, -0.05) is 63.3 Å². The van der Waals surface area contributed by atoms with E-state index in [0.717, 1.165) is 29.3 Å². The van der Waals surface area contributed by atoms with Crippen LogP contribution in [0.15, 0.2) is 99.3 Å². The average molecular weight is 505 g/mol. The van der Waals surface area contributed by atoms with Gasteiger partial charge < -0.3 is 10.5 Å². The van der Waals surface area contributed by atoms with Crippen LogP contribution < -0.4 is 10.5 Å². The molecule has 0 atom stereocenters.